The molecule has 13 heteroatoms. The van der Waals surface area contributed by atoms with E-state index in [1.165, 1.54) is 23.1 Å². The van der Waals surface area contributed by atoms with E-state index in [0.717, 1.165) is 41.8 Å². The third kappa shape index (κ3) is 7.49. The molecule has 7 nitrogen and oxygen atoms in total. The highest BCUT2D eigenvalue weighted by molar-refractivity contribution is 5.95. The van der Waals surface area contributed by atoms with Gasteiger partial charge in [-0.15, -0.1) is 0 Å². The van der Waals surface area contributed by atoms with Crippen molar-refractivity contribution in [1.82, 2.24) is 19.4 Å². The van der Waals surface area contributed by atoms with E-state index in [-0.39, 0.29) is 18.7 Å². The molecule has 3 aromatic carbocycles. The first-order chi connectivity index (χ1) is 25.3. The lowest BCUT2D eigenvalue weighted by atomic mass is 9.87. The molecule has 0 N–H and O–H groups in total. The van der Waals surface area contributed by atoms with Crippen molar-refractivity contribution in [2.75, 3.05) is 26.7 Å². The molecule has 2 saturated heterocycles. The van der Waals surface area contributed by atoms with E-state index in [9.17, 15) is 35.9 Å². The van der Waals surface area contributed by atoms with Gasteiger partial charge in [0.2, 0.25) is 0 Å². The minimum Gasteiger partial charge on any atom is -0.464 e. The third-order valence-corrected chi connectivity index (χ3v) is 10.7. The summed E-state index contributed by atoms with van der Waals surface area (Å²) in [5.74, 6) is -0.560. The topological polar surface area (TPSA) is 67.7 Å². The molecule has 53 heavy (non-hydrogen) atoms. The number of methoxy groups -OCH3 is 1. The van der Waals surface area contributed by atoms with Gasteiger partial charge in [0.25, 0.3) is 5.91 Å². The molecule has 0 saturated carbocycles. The fourth-order valence-electron chi connectivity index (χ4n) is 8.11. The van der Waals surface area contributed by atoms with Crippen molar-refractivity contribution < 1.29 is 40.7 Å². The minimum absolute atomic E-state index is 0.0425. The summed E-state index contributed by atoms with van der Waals surface area (Å²) < 4.78 is 89.2. The van der Waals surface area contributed by atoms with Gasteiger partial charge >= 0.3 is 18.3 Å². The maximum absolute atomic E-state index is 13.9. The Labute approximate surface area is 302 Å². The molecule has 0 radical (unpaired) electrons. The number of piperidine rings is 2. The largest absolute Gasteiger partial charge is 0.464 e. The van der Waals surface area contributed by atoms with Crippen molar-refractivity contribution >= 4 is 17.4 Å². The number of rotatable bonds is 5. The summed E-state index contributed by atoms with van der Waals surface area (Å²) in [5, 5.41) is 0. The van der Waals surface area contributed by atoms with Crippen LogP contribution in [0.1, 0.15) is 80.2 Å². The average Bonchev–Trinajstić information content (AvgIpc) is 3.49. The quantitative estimate of drug-likeness (QED) is 0.153. The second kappa shape index (κ2) is 14.5. The van der Waals surface area contributed by atoms with Crippen LogP contribution in [0.3, 0.4) is 0 Å². The Hall–Kier alpha value is -4.91. The number of benzene rings is 3. The monoisotopic (exact) mass is 736 g/mol. The maximum atomic E-state index is 13.9. The van der Waals surface area contributed by atoms with E-state index in [4.69, 9.17) is 9.72 Å². The SMILES string of the molecule is COC(=O)c1cnc2n1CCc1ccccc1C2=C1CCN(C2CCN(C(=O)c3cc(C(F)(F)F)cc(C(F)(F)F)c3)C(Cc3ccccc3)C2)CC1. The van der Waals surface area contributed by atoms with Gasteiger partial charge in [0.05, 0.1) is 24.4 Å². The number of fused-ring (bicyclic) bond motifs is 2. The van der Waals surface area contributed by atoms with Crippen molar-refractivity contribution in [3.8, 4) is 0 Å². The predicted molar refractivity (Wildman–Crippen MR) is 185 cm³/mol. The number of esters is 1. The molecule has 2 unspecified atom stereocenters. The van der Waals surface area contributed by atoms with Crippen LogP contribution in [-0.4, -0.2) is 70.1 Å². The molecule has 7 rings (SSSR count). The van der Waals surface area contributed by atoms with Crippen LogP contribution in [0.4, 0.5) is 26.3 Å². The minimum atomic E-state index is -5.06. The Balaban J connectivity index is 1.15. The number of likely N-dealkylation sites (tertiary alicyclic amines) is 2. The molecule has 0 spiro atoms. The van der Waals surface area contributed by atoms with Crippen molar-refractivity contribution in [3.05, 3.63) is 129 Å². The number of hydrogen-bond acceptors (Lipinski definition) is 5. The molecule has 3 aliphatic heterocycles. The highest BCUT2D eigenvalue weighted by atomic mass is 19.4. The number of halogens is 6. The molecule has 3 aliphatic rings. The van der Waals surface area contributed by atoms with Crippen LogP contribution in [0.25, 0.3) is 5.57 Å². The van der Waals surface area contributed by atoms with E-state index in [2.05, 4.69) is 17.0 Å². The van der Waals surface area contributed by atoms with Gasteiger partial charge in [0.1, 0.15) is 11.5 Å². The number of aryl methyl sites for hydroxylation is 1. The van der Waals surface area contributed by atoms with Gasteiger partial charge in [0, 0.05) is 49.4 Å². The average molecular weight is 737 g/mol. The standard InChI is InChI=1S/C40H38F6N4O3/c1-53-38(52)34-24-47-36-35(33-10-6-5-9-26(33)13-17-50(34)36)27-11-15-48(16-12-27)31-14-18-49(32(23-31)19-25-7-3-2-4-8-25)37(51)28-20-29(39(41,42)43)22-30(21-28)40(44,45)46/h2-10,20-22,24,31-32H,11-19,23H2,1H3. The van der Waals surface area contributed by atoms with E-state index in [1.54, 1.807) is 6.20 Å². The fraction of sp³-hybridized carbons (Fsp3) is 0.375. The number of ether oxygens (including phenoxy) is 1. The Morgan fingerprint density at radius 2 is 1.49 bits per heavy atom. The number of aromatic nitrogens is 2. The number of alkyl halides is 6. The highest BCUT2D eigenvalue weighted by Gasteiger charge is 2.40. The molecule has 0 bridgehead atoms. The van der Waals surface area contributed by atoms with Crippen LogP contribution in [0.15, 0.2) is 84.6 Å². The number of carbonyl (C=O) groups excluding carboxylic acids is 2. The van der Waals surface area contributed by atoms with Crippen molar-refractivity contribution in [3.63, 3.8) is 0 Å². The van der Waals surface area contributed by atoms with Gasteiger partial charge in [-0.05, 0) is 73.4 Å². The first kappa shape index (κ1) is 36.4. The lowest BCUT2D eigenvalue weighted by Crippen LogP contribution is -2.53. The van der Waals surface area contributed by atoms with E-state index in [0.29, 0.717) is 56.7 Å². The van der Waals surface area contributed by atoms with Crippen LogP contribution in [0, 0.1) is 0 Å². The van der Waals surface area contributed by atoms with Crippen molar-refractivity contribution in [1.29, 1.82) is 0 Å². The summed E-state index contributed by atoms with van der Waals surface area (Å²) in [6, 6.07) is 18.2. The van der Waals surface area contributed by atoms with Gasteiger partial charge in [-0.2, -0.15) is 26.3 Å². The molecular weight excluding hydrogens is 698 g/mol. The summed E-state index contributed by atoms with van der Waals surface area (Å²) in [5.41, 5.74) is 2.17. The number of amides is 1. The number of hydrogen-bond donors (Lipinski definition) is 0. The molecule has 4 heterocycles. The molecular formula is C40H38F6N4O3. The van der Waals surface area contributed by atoms with Gasteiger partial charge in [0.15, 0.2) is 0 Å². The summed E-state index contributed by atoms with van der Waals surface area (Å²) >= 11 is 0. The van der Waals surface area contributed by atoms with E-state index < -0.39 is 47.0 Å². The van der Waals surface area contributed by atoms with Crippen molar-refractivity contribution in [2.45, 2.75) is 69.5 Å². The molecule has 278 valence electrons. The lowest BCUT2D eigenvalue weighted by molar-refractivity contribution is -0.143. The van der Waals surface area contributed by atoms with Gasteiger partial charge in [-0.3, -0.25) is 9.69 Å². The maximum Gasteiger partial charge on any atom is 0.416 e. The zero-order chi connectivity index (χ0) is 37.5. The zero-order valence-electron chi connectivity index (χ0n) is 29.0. The summed E-state index contributed by atoms with van der Waals surface area (Å²) in [7, 11) is 1.35. The van der Waals surface area contributed by atoms with Crippen molar-refractivity contribution in [2.24, 2.45) is 0 Å². The van der Waals surface area contributed by atoms with Gasteiger partial charge in [-0.25, -0.2) is 9.78 Å². The Morgan fingerprint density at radius 1 is 0.830 bits per heavy atom. The predicted octanol–water partition coefficient (Wildman–Crippen LogP) is 8.08. The second-order valence-corrected chi connectivity index (χ2v) is 13.8. The summed E-state index contributed by atoms with van der Waals surface area (Å²) in [4.78, 5) is 35.0. The molecule has 1 amide bonds. The number of nitrogens with zero attached hydrogens (tertiary/aromatic N) is 4. The Morgan fingerprint density at radius 3 is 2.15 bits per heavy atom. The second-order valence-electron chi connectivity index (χ2n) is 13.8. The fourth-order valence-corrected chi connectivity index (χ4v) is 8.11. The first-order valence-corrected chi connectivity index (χ1v) is 17.6. The normalized spacial score (nSPS) is 19.7. The number of imidazole rings is 1. The summed E-state index contributed by atoms with van der Waals surface area (Å²) in [6.45, 7) is 2.19. The van der Waals surface area contributed by atoms with Crippen LogP contribution >= 0.6 is 0 Å². The molecule has 4 aromatic rings. The molecule has 0 aliphatic carbocycles. The van der Waals surface area contributed by atoms with Crippen LogP contribution < -0.4 is 0 Å². The Kier molecular flexibility index (Phi) is 9.96. The van der Waals surface area contributed by atoms with E-state index >= 15 is 0 Å². The lowest BCUT2D eigenvalue weighted by Gasteiger charge is -2.45. The third-order valence-electron chi connectivity index (χ3n) is 10.7. The van der Waals surface area contributed by atoms with Gasteiger partial charge < -0.3 is 14.2 Å². The zero-order valence-corrected chi connectivity index (χ0v) is 29.0. The first-order valence-electron chi connectivity index (χ1n) is 17.6. The van der Waals surface area contributed by atoms with Crippen LogP contribution in [-0.2, 0) is 36.5 Å². The van der Waals surface area contributed by atoms with E-state index in [1.807, 2.05) is 47.0 Å². The summed E-state index contributed by atoms with van der Waals surface area (Å²) in [6.07, 6.45) is -4.93. The van der Waals surface area contributed by atoms with Gasteiger partial charge in [-0.1, -0.05) is 60.2 Å². The molecule has 2 atom stereocenters. The Bertz CT molecular complexity index is 2000. The molecule has 1 aromatic heterocycles. The number of carbonyl (C=O) groups is 2. The van der Waals surface area contributed by atoms with Crippen LogP contribution in [0.5, 0.6) is 0 Å². The molecule has 2 fully saturated rings. The van der Waals surface area contributed by atoms with Crippen LogP contribution in [0.2, 0.25) is 0 Å². The smallest absolute Gasteiger partial charge is 0.416 e. The highest BCUT2D eigenvalue weighted by Crippen LogP contribution is 2.39.